The van der Waals surface area contributed by atoms with Gasteiger partial charge in [-0.2, -0.15) is 0 Å². The van der Waals surface area contributed by atoms with Gasteiger partial charge in [-0.15, -0.1) is 0 Å². The van der Waals surface area contributed by atoms with Gasteiger partial charge in [0.25, 0.3) is 0 Å². The summed E-state index contributed by atoms with van der Waals surface area (Å²) in [5, 5.41) is 0. The molecule has 4 atom stereocenters. The highest BCUT2D eigenvalue weighted by Crippen LogP contribution is 2.42. The molecule has 0 spiro atoms. The number of nitrogens with two attached hydrogens (primary N) is 1. The van der Waals surface area contributed by atoms with Gasteiger partial charge in [-0.1, -0.05) is 13.8 Å². The van der Waals surface area contributed by atoms with E-state index in [1.54, 1.807) is 0 Å². The molecule has 2 aliphatic heterocycles. The van der Waals surface area contributed by atoms with Gasteiger partial charge in [0.2, 0.25) is 0 Å². The molecular formula is C18H35N3. The van der Waals surface area contributed by atoms with Gasteiger partial charge in [0, 0.05) is 31.2 Å². The van der Waals surface area contributed by atoms with Crippen molar-refractivity contribution >= 4 is 0 Å². The van der Waals surface area contributed by atoms with Crippen LogP contribution in [0.15, 0.2) is 0 Å². The van der Waals surface area contributed by atoms with E-state index in [9.17, 15) is 0 Å². The summed E-state index contributed by atoms with van der Waals surface area (Å²) in [5.74, 6) is 2.56. The van der Waals surface area contributed by atoms with E-state index in [4.69, 9.17) is 5.73 Å². The molecule has 122 valence electrons. The number of fused-ring (bicyclic) bond motifs is 1. The zero-order valence-electron chi connectivity index (χ0n) is 14.4. The average molecular weight is 293 g/mol. The van der Waals surface area contributed by atoms with Crippen molar-refractivity contribution in [3.8, 4) is 0 Å². The summed E-state index contributed by atoms with van der Waals surface area (Å²) in [4.78, 5) is 5.44. The fourth-order valence-electron chi connectivity index (χ4n) is 5.87. The van der Waals surface area contributed by atoms with E-state index >= 15 is 0 Å². The molecule has 3 rings (SSSR count). The number of rotatable bonds is 2. The molecule has 3 aliphatic rings. The van der Waals surface area contributed by atoms with Crippen LogP contribution in [-0.4, -0.2) is 54.6 Å². The molecule has 2 heterocycles. The second-order valence-corrected chi connectivity index (χ2v) is 8.47. The Morgan fingerprint density at radius 2 is 1.81 bits per heavy atom. The minimum Gasteiger partial charge on any atom is -0.329 e. The van der Waals surface area contributed by atoms with Gasteiger partial charge in [0.05, 0.1) is 0 Å². The van der Waals surface area contributed by atoms with Gasteiger partial charge in [-0.05, 0) is 69.9 Å². The second-order valence-electron chi connectivity index (χ2n) is 8.47. The lowest BCUT2D eigenvalue weighted by molar-refractivity contribution is -0.0443. The molecule has 0 amide bonds. The molecule has 3 fully saturated rings. The fourth-order valence-corrected chi connectivity index (χ4v) is 5.87. The van der Waals surface area contributed by atoms with Crippen molar-refractivity contribution in [2.45, 2.75) is 64.0 Å². The largest absolute Gasteiger partial charge is 0.329 e. The topological polar surface area (TPSA) is 32.5 Å². The van der Waals surface area contributed by atoms with Crippen molar-refractivity contribution in [1.29, 1.82) is 0 Å². The van der Waals surface area contributed by atoms with E-state index in [1.165, 1.54) is 58.2 Å². The predicted molar refractivity (Wildman–Crippen MR) is 89.3 cm³/mol. The highest BCUT2D eigenvalue weighted by atomic mass is 15.3. The molecule has 2 saturated heterocycles. The molecule has 4 unspecified atom stereocenters. The van der Waals surface area contributed by atoms with Gasteiger partial charge >= 0.3 is 0 Å². The van der Waals surface area contributed by atoms with Crippen molar-refractivity contribution in [2.24, 2.45) is 23.5 Å². The molecule has 0 radical (unpaired) electrons. The molecule has 3 nitrogen and oxygen atoms in total. The van der Waals surface area contributed by atoms with Crippen LogP contribution in [0.2, 0.25) is 0 Å². The van der Waals surface area contributed by atoms with Crippen LogP contribution >= 0.6 is 0 Å². The van der Waals surface area contributed by atoms with Crippen molar-refractivity contribution < 1.29 is 0 Å². The van der Waals surface area contributed by atoms with Gasteiger partial charge < -0.3 is 10.6 Å². The van der Waals surface area contributed by atoms with Crippen LogP contribution in [0.5, 0.6) is 0 Å². The monoisotopic (exact) mass is 293 g/mol. The first kappa shape index (κ1) is 15.8. The van der Waals surface area contributed by atoms with Crippen LogP contribution in [0.25, 0.3) is 0 Å². The molecule has 1 aliphatic carbocycles. The Morgan fingerprint density at radius 3 is 2.48 bits per heavy atom. The minimum absolute atomic E-state index is 0.304. The Hall–Kier alpha value is -0.120. The Balaban J connectivity index is 1.73. The maximum Gasteiger partial charge on any atom is 0.0336 e. The summed E-state index contributed by atoms with van der Waals surface area (Å²) in [7, 11) is 2.33. The Kier molecular flexibility index (Phi) is 4.63. The summed E-state index contributed by atoms with van der Waals surface area (Å²) in [5.41, 5.74) is 6.64. The number of hydrogen-bond acceptors (Lipinski definition) is 3. The maximum atomic E-state index is 6.34. The smallest absolute Gasteiger partial charge is 0.0336 e. The van der Waals surface area contributed by atoms with Crippen LogP contribution in [-0.2, 0) is 0 Å². The maximum absolute atomic E-state index is 6.34. The number of nitrogens with zero attached hydrogens (tertiary/aromatic N) is 2. The van der Waals surface area contributed by atoms with E-state index in [-0.39, 0.29) is 0 Å². The zero-order valence-corrected chi connectivity index (χ0v) is 14.4. The number of likely N-dealkylation sites (tertiary alicyclic amines) is 2. The van der Waals surface area contributed by atoms with Crippen LogP contribution in [0.3, 0.4) is 0 Å². The lowest BCUT2D eigenvalue weighted by Gasteiger charge is -2.55. The fraction of sp³-hybridized carbons (Fsp3) is 1.00. The third-order valence-corrected chi connectivity index (χ3v) is 6.66. The third-order valence-electron chi connectivity index (χ3n) is 6.66. The van der Waals surface area contributed by atoms with Gasteiger partial charge in [-0.3, -0.25) is 4.90 Å². The summed E-state index contributed by atoms with van der Waals surface area (Å²) < 4.78 is 0. The highest BCUT2D eigenvalue weighted by Gasteiger charge is 2.45. The predicted octanol–water partition coefficient (Wildman–Crippen LogP) is 2.56. The molecule has 1 saturated carbocycles. The van der Waals surface area contributed by atoms with Crippen molar-refractivity contribution in [3.63, 3.8) is 0 Å². The SMILES string of the molecule is CC1CC(C)CC(CN)(N2CCC3C(CCCN3C)C2)C1. The molecule has 0 aromatic carbocycles. The molecule has 0 aromatic rings. The average Bonchev–Trinajstić information content (AvgIpc) is 2.46. The molecule has 0 aromatic heterocycles. The summed E-state index contributed by atoms with van der Waals surface area (Å²) >= 11 is 0. The quantitative estimate of drug-likeness (QED) is 0.849. The van der Waals surface area contributed by atoms with Gasteiger partial charge in [-0.25, -0.2) is 0 Å². The lowest BCUT2D eigenvalue weighted by Crippen LogP contribution is -2.63. The van der Waals surface area contributed by atoms with E-state index in [1.807, 2.05) is 0 Å². The molecule has 2 N–H and O–H groups in total. The van der Waals surface area contributed by atoms with Crippen molar-refractivity contribution in [2.75, 3.05) is 33.2 Å². The Morgan fingerprint density at radius 1 is 1.10 bits per heavy atom. The van der Waals surface area contributed by atoms with E-state index in [0.29, 0.717) is 5.54 Å². The standard InChI is InChI=1S/C18H35N3/c1-14-9-15(2)11-18(10-14,13-19)21-8-6-17-16(12-21)5-4-7-20(17)3/h14-17H,4-13,19H2,1-3H3. The summed E-state index contributed by atoms with van der Waals surface area (Å²) in [6.07, 6.45) is 8.20. The first-order valence-electron chi connectivity index (χ1n) is 9.19. The third kappa shape index (κ3) is 3.02. The number of hydrogen-bond donors (Lipinski definition) is 1. The van der Waals surface area contributed by atoms with Crippen molar-refractivity contribution in [1.82, 2.24) is 9.80 Å². The molecule has 21 heavy (non-hydrogen) atoms. The van der Waals surface area contributed by atoms with Crippen LogP contribution in [0, 0.1) is 17.8 Å². The first-order valence-corrected chi connectivity index (χ1v) is 9.19. The van der Waals surface area contributed by atoms with Gasteiger partial charge in [0.15, 0.2) is 0 Å². The normalized spacial score (nSPS) is 46.3. The van der Waals surface area contributed by atoms with Gasteiger partial charge in [0.1, 0.15) is 0 Å². The highest BCUT2D eigenvalue weighted by molar-refractivity contribution is 5.01. The molecular weight excluding hydrogens is 258 g/mol. The first-order chi connectivity index (χ1) is 10.0. The number of piperidine rings is 2. The van der Waals surface area contributed by atoms with Crippen molar-refractivity contribution in [3.05, 3.63) is 0 Å². The van der Waals surface area contributed by atoms with Crippen LogP contribution < -0.4 is 5.73 Å². The Labute approximate surface area is 131 Å². The minimum atomic E-state index is 0.304. The second kappa shape index (κ2) is 6.17. The van der Waals surface area contributed by atoms with E-state index in [2.05, 4.69) is 30.7 Å². The van der Waals surface area contributed by atoms with Crippen LogP contribution in [0.4, 0.5) is 0 Å². The molecule has 0 bridgehead atoms. The lowest BCUT2D eigenvalue weighted by atomic mass is 9.69. The van der Waals surface area contributed by atoms with E-state index < -0.39 is 0 Å². The summed E-state index contributed by atoms with van der Waals surface area (Å²) in [6, 6.07) is 0.836. The summed E-state index contributed by atoms with van der Waals surface area (Å²) in [6.45, 7) is 9.59. The van der Waals surface area contributed by atoms with Crippen LogP contribution in [0.1, 0.15) is 52.4 Å². The molecule has 3 heteroatoms. The van der Waals surface area contributed by atoms with E-state index in [0.717, 1.165) is 30.3 Å². The zero-order chi connectivity index (χ0) is 15.0. The Bertz CT molecular complexity index is 346.